The highest BCUT2D eigenvalue weighted by Crippen LogP contribution is 2.30. The number of aromatic nitrogens is 2. The average molecular weight is 266 g/mol. The van der Waals surface area contributed by atoms with Crippen LogP contribution in [0, 0.1) is 0 Å². The molecule has 9 heteroatoms. The molecule has 0 saturated heterocycles. The smallest absolute Gasteiger partial charge is 0.435 e. The summed E-state index contributed by atoms with van der Waals surface area (Å²) in [7, 11) is 1.18. The summed E-state index contributed by atoms with van der Waals surface area (Å²) in [5.74, 6) is -2.53. The molecule has 1 aromatic heterocycles. The number of carbonyl (C=O) groups is 2. The van der Waals surface area contributed by atoms with Crippen LogP contribution in [0.15, 0.2) is 6.07 Å². The van der Waals surface area contributed by atoms with Gasteiger partial charge in [0.1, 0.15) is 0 Å². The van der Waals surface area contributed by atoms with E-state index in [4.69, 9.17) is 5.11 Å². The Morgan fingerprint density at radius 3 is 2.50 bits per heavy atom. The van der Waals surface area contributed by atoms with Crippen LogP contribution in [0.25, 0.3) is 0 Å². The highest BCUT2D eigenvalue weighted by Gasteiger charge is 2.35. The summed E-state index contributed by atoms with van der Waals surface area (Å²) in [5.41, 5.74) is -1.19. The molecule has 0 atom stereocenters. The SMILES string of the molecule is Cn1nc(C(F)(F)F)cc1OC(=O)CCC(=O)O. The van der Waals surface area contributed by atoms with Gasteiger partial charge in [-0.2, -0.15) is 18.3 Å². The molecule has 0 aliphatic heterocycles. The van der Waals surface area contributed by atoms with Gasteiger partial charge < -0.3 is 9.84 Å². The predicted molar refractivity (Wildman–Crippen MR) is 50.7 cm³/mol. The van der Waals surface area contributed by atoms with E-state index in [1.54, 1.807) is 0 Å². The number of esters is 1. The number of aliphatic carboxylic acids is 1. The molecular weight excluding hydrogens is 257 g/mol. The van der Waals surface area contributed by atoms with Gasteiger partial charge in [-0.3, -0.25) is 9.59 Å². The molecule has 0 unspecified atom stereocenters. The molecule has 6 nitrogen and oxygen atoms in total. The summed E-state index contributed by atoms with van der Waals surface area (Å²) < 4.78 is 42.2. The van der Waals surface area contributed by atoms with Crippen molar-refractivity contribution in [3.63, 3.8) is 0 Å². The molecule has 0 fully saturated rings. The van der Waals surface area contributed by atoms with Gasteiger partial charge in [0, 0.05) is 13.1 Å². The molecule has 0 aliphatic carbocycles. The first-order chi connectivity index (χ1) is 8.20. The lowest BCUT2D eigenvalue weighted by Crippen LogP contribution is -2.12. The van der Waals surface area contributed by atoms with Gasteiger partial charge in [-0.15, -0.1) is 0 Å². The van der Waals surface area contributed by atoms with Crippen LogP contribution in [0.5, 0.6) is 5.88 Å². The lowest BCUT2D eigenvalue weighted by atomic mass is 10.3. The van der Waals surface area contributed by atoms with Crippen LogP contribution in [-0.2, 0) is 22.8 Å². The number of carbonyl (C=O) groups excluding carboxylic acids is 1. The number of carboxylic acid groups (broad SMARTS) is 1. The second kappa shape index (κ2) is 5.07. The van der Waals surface area contributed by atoms with Crippen LogP contribution >= 0.6 is 0 Å². The highest BCUT2D eigenvalue weighted by atomic mass is 19.4. The number of nitrogens with zero attached hydrogens (tertiary/aromatic N) is 2. The van der Waals surface area contributed by atoms with Crippen LogP contribution in [0.1, 0.15) is 18.5 Å². The van der Waals surface area contributed by atoms with Gasteiger partial charge in [-0.25, -0.2) is 4.68 Å². The monoisotopic (exact) mass is 266 g/mol. The van der Waals surface area contributed by atoms with Gasteiger partial charge in [-0.1, -0.05) is 0 Å². The second-order valence-electron chi connectivity index (χ2n) is 3.36. The molecular formula is C9H9F3N2O4. The first-order valence-corrected chi connectivity index (χ1v) is 4.74. The lowest BCUT2D eigenvalue weighted by molar-refractivity contribution is -0.142. The lowest BCUT2D eigenvalue weighted by Gasteiger charge is -2.02. The Hall–Kier alpha value is -2.06. The molecule has 18 heavy (non-hydrogen) atoms. The fraction of sp³-hybridized carbons (Fsp3) is 0.444. The number of ether oxygens (including phenoxy) is 1. The van der Waals surface area contributed by atoms with Crippen molar-refractivity contribution in [2.75, 3.05) is 0 Å². The third-order valence-corrected chi connectivity index (χ3v) is 1.89. The molecule has 1 rings (SSSR count). The third-order valence-electron chi connectivity index (χ3n) is 1.89. The van der Waals surface area contributed by atoms with Crippen molar-refractivity contribution in [3.05, 3.63) is 11.8 Å². The van der Waals surface area contributed by atoms with Crippen LogP contribution in [0.3, 0.4) is 0 Å². The first-order valence-electron chi connectivity index (χ1n) is 4.74. The van der Waals surface area contributed by atoms with E-state index in [-0.39, 0.29) is 0 Å². The summed E-state index contributed by atoms with van der Waals surface area (Å²) in [5, 5.41) is 11.4. The summed E-state index contributed by atoms with van der Waals surface area (Å²) >= 11 is 0. The van der Waals surface area contributed by atoms with Crippen molar-refractivity contribution in [2.24, 2.45) is 7.05 Å². The van der Waals surface area contributed by atoms with E-state index in [1.165, 1.54) is 7.05 Å². The van der Waals surface area contributed by atoms with Crippen LogP contribution in [0.4, 0.5) is 13.2 Å². The molecule has 0 bridgehead atoms. The minimum atomic E-state index is -4.64. The van der Waals surface area contributed by atoms with E-state index in [1.807, 2.05) is 0 Å². The Bertz CT molecular complexity index is 467. The average Bonchev–Trinajstić information content (AvgIpc) is 2.57. The molecule has 0 saturated carbocycles. The van der Waals surface area contributed by atoms with Gasteiger partial charge in [0.15, 0.2) is 5.69 Å². The fourth-order valence-electron chi connectivity index (χ4n) is 1.06. The quantitative estimate of drug-likeness (QED) is 0.828. The standard InChI is InChI=1S/C9H9F3N2O4/c1-14-6(4-5(13-14)9(10,11)12)18-8(17)3-2-7(15)16/h4H,2-3H2,1H3,(H,15,16). The maximum Gasteiger partial charge on any atom is 0.435 e. The van der Waals surface area contributed by atoms with Gasteiger partial charge in [0.25, 0.3) is 0 Å². The molecule has 100 valence electrons. The zero-order chi connectivity index (χ0) is 13.9. The molecule has 1 N–H and O–H groups in total. The molecule has 0 spiro atoms. The summed E-state index contributed by atoms with van der Waals surface area (Å²) in [4.78, 5) is 21.3. The molecule has 1 heterocycles. The van der Waals surface area contributed by atoms with Gasteiger partial charge >= 0.3 is 18.1 Å². The molecule has 0 aromatic carbocycles. The fourth-order valence-corrected chi connectivity index (χ4v) is 1.06. The number of aryl methyl sites for hydroxylation is 1. The van der Waals surface area contributed by atoms with Crippen LogP contribution < -0.4 is 4.74 Å². The summed E-state index contributed by atoms with van der Waals surface area (Å²) in [6.45, 7) is 0. The minimum Gasteiger partial charge on any atom is -0.481 e. The topological polar surface area (TPSA) is 81.4 Å². The van der Waals surface area contributed by atoms with E-state index in [0.717, 1.165) is 4.68 Å². The number of halogens is 3. The number of hydrogen-bond acceptors (Lipinski definition) is 4. The number of hydrogen-bond donors (Lipinski definition) is 1. The van der Waals surface area contributed by atoms with Crippen molar-refractivity contribution >= 4 is 11.9 Å². The largest absolute Gasteiger partial charge is 0.481 e. The molecule has 1 aromatic rings. The predicted octanol–water partition coefficient (Wildman–Crippen LogP) is 1.21. The van der Waals surface area contributed by atoms with Crippen molar-refractivity contribution < 1.29 is 32.6 Å². The van der Waals surface area contributed by atoms with E-state index in [2.05, 4.69) is 9.84 Å². The van der Waals surface area contributed by atoms with Crippen molar-refractivity contribution in [1.82, 2.24) is 9.78 Å². The molecule has 0 radical (unpaired) electrons. The summed E-state index contributed by atoms with van der Waals surface area (Å²) in [6, 6.07) is 0.568. The third kappa shape index (κ3) is 3.75. The van der Waals surface area contributed by atoms with Crippen molar-refractivity contribution in [2.45, 2.75) is 19.0 Å². The van der Waals surface area contributed by atoms with Gasteiger partial charge in [0.05, 0.1) is 12.8 Å². The first kappa shape index (κ1) is 14.0. The minimum absolute atomic E-state index is 0.391. The van der Waals surface area contributed by atoms with Gasteiger partial charge in [-0.05, 0) is 0 Å². The maximum atomic E-state index is 12.3. The van der Waals surface area contributed by atoms with Crippen molar-refractivity contribution in [3.8, 4) is 5.88 Å². The van der Waals surface area contributed by atoms with Crippen LogP contribution in [-0.4, -0.2) is 26.8 Å². The number of carboxylic acids is 1. The zero-order valence-corrected chi connectivity index (χ0v) is 9.19. The number of rotatable bonds is 4. The Balaban J connectivity index is 2.71. The zero-order valence-electron chi connectivity index (χ0n) is 9.19. The van der Waals surface area contributed by atoms with Gasteiger partial charge in [0.2, 0.25) is 5.88 Å². The second-order valence-corrected chi connectivity index (χ2v) is 3.36. The number of alkyl halides is 3. The molecule has 0 amide bonds. The Kier molecular flexibility index (Phi) is 3.94. The normalized spacial score (nSPS) is 11.3. The van der Waals surface area contributed by atoms with E-state index >= 15 is 0 Å². The Labute approximate surface area is 99.0 Å². The van der Waals surface area contributed by atoms with Crippen LogP contribution in [0.2, 0.25) is 0 Å². The van der Waals surface area contributed by atoms with E-state index in [0.29, 0.717) is 6.07 Å². The van der Waals surface area contributed by atoms with E-state index < -0.39 is 42.5 Å². The highest BCUT2D eigenvalue weighted by molar-refractivity contribution is 5.77. The molecule has 0 aliphatic rings. The summed E-state index contributed by atoms with van der Waals surface area (Å²) in [6.07, 6.45) is -5.52. The Morgan fingerprint density at radius 2 is 2.06 bits per heavy atom. The maximum absolute atomic E-state index is 12.3. The van der Waals surface area contributed by atoms with E-state index in [9.17, 15) is 22.8 Å². The van der Waals surface area contributed by atoms with Crippen molar-refractivity contribution in [1.29, 1.82) is 0 Å². The Morgan fingerprint density at radius 1 is 1.44 bits per heavy atom.